The van der Waals surface area contributed by atoms with E-state index in [1.807, 2.05) is 6.92 Å². The predicted molar refractivity (Wildman–Crippen MR) is 87.3 cm³/mol. The van der Waals surface area contributed by atoms with Gasteiger partial charge < -0.3 is 0 Å². The fraction of sp³-hybridized carbons (Fsp3) is 0.118. The van der Waals surface area contributed by atoms with Crippen molar-refractivity contribution in [2.45, 2.75) is 11.8 Å². The minimum atomic E-state index is -3.23. The predicted octanol–water partition coefficient (Wildman–Crippen LogP) is 3.59. The van der Waals surface area contributed by atoms with Crippen molar-refractivity contribution in [3.05, 3.63) is 60.0 Å². The molecular formula is C17H15FN2O2S. The van der Waals surface area contributed by atoms with Gasteiger partial charge in [-0.15, -0.1) is 0 Å². The summed E-state index contributed by atoms with van der Waals surface area (Å²) >= 11 is 0. The van der Waals surface area contributed by atoms with Gasteiger partial charge in [0.1, 0.15) is 5.82 Å². The summed E-state index contributed by atoms with van der Waals surface area (Å²) in [6.45, 7) is 1.84. The zero-order chi connectivity index (χ0) is 16.6. The van der Waals surface area contributed by atoms with Gasteiger partial charge in [0.2, 0.25) is 0 Å². The van der Waals surface area contributed by atoms with Crippen LogP contribution in [0.25, 0.3) is 22.4 Å². The maximum Gasteiger partial charge on any atom is 0.175 e. The molecule has 0 bridgehead atoms. The lowest BCUT2D eigenvalue weighted by atomic mass is 9.98. The van der Waals surface area contributed by atoms with E-state index in [2.05, 4.69) is 10.2 Å². The molecule has 23 heavy (non-hydrogen) atoms. The first kappa shape index (κ1) is 15.4. The molecule has 0 spiro atoms. The van der Waals surface area contributed by atoms with Crippen molar-refractivity contribution in [3.8, 4) is 22.4 Å². The Morgan fingerprint density at radius 3 is 2.35 bits per heavy atom. The second-order valence-corrected chi connectivity index (χ2v) is 7.42. The first-order valence-corrected chi connectivity index (χ1v) is 8.86. The number of H-pyrrole nitrogens is 1. The van der Waals surface area contributed by atoms with Crippen LogP contribution in [0.2, 0.25) is 0 Å². The van der Waals surface area contributed by atoms with Crippen molar-refractivity contribution in [2.75, 3.05) is 6.26 Å². The second-order valence-electron chi connectivity index (χ2n) is 5.40. The summed E-state index contributed by atoms with van der Waals surface area (Å²) in [6.07, 6.45) is 2.92. The molecule has 118 valence electrons. The number of sulfone groups is 1. The molecule has 2 aromatic carbocycles. The number of rotatable bonds is 3. The second kappa shape index (κ2) is 5.62. The molecule has 0 aliphatic rings. The summed E-state index contributed by atoms with van der Waals surface area (Å²) in [5.74, 6) is -0.284. The standard InChI is InChI=1S/C17H15FN2O2S/c1-11-9-13(18)5-8-15(11)16-10-19-20-17(16)12-3-6-14(7-4-12)23(2,21)22/h3-10H,1-2H3,(H,19,20). The number of halogens is 1. The summed E-state index contributed by atoms with van der Waals surface area (Å²) < 4.78 is 36.4. The van der Waals surface area contributed by atoms with E-state index in [0.717, 1.165) is 22.3 Å². The number of hydrogen-bond donors (Lipinski definition) is 1. The molecule has 6 heteroatoms. The van der Waals surface area contributed by atoms with E-state index >= 15 is 0 Å². The molecule has 0 aliphatic heterocycles. The van der Waals surface area contributed by atoms with Gasteiger partial charge in [-0.2, -0.15) is 5.10 Å². The summed E-state index contributed by atoms with van der Waals surface area (Å²) in [6, 6.07) is 11.1. The van der Waals surface area contributed by atoms with Gasteiger partial charge in [-0.25, -0.2) is 12.8 Å². The molecule has 1 aromatic heterocycles. The van der Waals surface area contributed by atoms with Gasteiger partial charge in [0.15, 0.2) is 9.84 Å². The van der Waals surface area contributed by atoms with Gasteiger partial charge >= 0.3 is 0 Å². The molecule has 0 unspecified atom stereocenters. The number of nitrogens with zero attached hydrogens (tertiary/aromatic N) is 1. The Kier molecular flexibility index (Phi) is 3.77. The van der Waals surface area contributed by atoms with Gasteiger partial charge in [0.25, 0.3) is 0 Å². The van der Waals surface area contributed by atoms with E-state index in [1.165, 1.54) is 18.4 Å². The first-order valence-electron chi connectivity index (χ1n) is 6.97. The van der Waals surface area contributed by atoms with Crippen LogP contribution in [-0.2, 0) is 9.84 Å². The smallest absolute Gasteiger partial charge is 0.175 e. The van der Waals surface area contributed by atoms with Crippen LogP contribution in [0.3, 0.4) is 0 Å². The monoisotopic (exact) mass is 330 g/mol. The highest BCUT2D eigenvalue weighted by atomic mass is 32.2. The third-order valence-electron chi connectivity index (χ3n) is 3.67. The fourth-order valence-electron chi connectivity index (χ4n) is 2.50. The Hall–Kier alpha value is -2.47. The molecule has 3 rings (SSSR count). The lowest BCUT2D eigenvalue weighted by Gasteiger charge is -2.07. The molecule has 0 atom stereocenters. The molecule has 0 aliphatic carbocycles. The Morgan fingerprint density at radius 1 is 1.04 bits per heavy atom. The highest BCUT2D eigenvalue weighted by Gasteiger charge is 2.14. The van der Waals surface area contributed by atoms with Crippen molar-refractivity contribution in [3.63, 3.8) is 0 Å². The van der Waals surface area contributed by atoms with Gasteiger partial charge in [-0.3, -0.25) is 5.10 Å². The van der Waals surface area contributed by atoms with Crippen LogP contribution in [0, 0.1) is 12.7 Å². The molecule has 0 radical (unpaired) electrons. The molecule has 0 fully saturated rings. The SMILES string of the molecule is Cc1cc(F)ccc1-c1c[nH]nc1-c1ccc(S(C)(=O)=O)cc1. The van der Waals surface area contributed by atoms with E-state index in [1.54, 1.807) is 36.5 Å². The molecule has 0 amide bonds. The van der Waals surface area contributed by atoms with E-state index in [9.17, 15) is 12.8 Å². The van der Waals surface area contributed by atoms with Gasteiger partial charge in [0.05, 0.1) is 10.6 Å². The molecule has 4 nitrogen and oxygen atoms in total. The number of aromatic amines is 1. The van der Waals surface area contributed by atoms with Crippen LogP contribution < -0.4 is 0 Å². The Bertz CT molecular complexity index is 961. The summed E-state index contributed by atoms with van der Waals surface area (Å²) in [5.41, 5.74) is 4.01. The van der Waals surface area contributed by atoms with Crippen molar-refractivity contribution in [2.24, 2.45) is 0 Å². The average molecular weight is 330 g/mol. The van der Waals surface area contributed by atoms with Crippen LogP contribution in [0.4, 0.5) is 4.39 Å². The van der Waals surface area contributed by atoms with Crippen LogP contribution >= 0.6 is 0 Å². The van der Waals surface area contributed by atoms with Gasteiger partial charge in [-0.1, -0.05) is 18.2 Å². The number of aryl methyl sites for hydroxylation is 1. The molecule has 3 aromatic rings. The largest absolute Gasteiger partial charge is 0.284 e. The highest BCUT2D eigenvalue weighted by Crippen LogP contribution is 2.32. The average Bonchev–Trinajstić information content (AvgIpc) is 2.95. The van der Waals surface area contributed by atoms with Crippen molar-refractivity contribution < 1.29 is 12.8 Å². The third-order valence-corrected chi connectivity index (χ3v) is 4.80. The van der Waals surface area contributed by atoms with E-state index in [4.69, 9.17) is 0 Å². The van der Waals surface area contributed by atoms with Crippen molar-refractivity contribution >= 4 is 9.84 Å². The Morgan fingerprint density at radius 2 is 1.74 bits per heavy atom. The number of hydrogen-bond acceptors (Lipinski definition) is 3. The quantitative estimate of drug-likeness (QED) is 0.798. The third kappa shape index (κ3) is 3.03. The summed E-state index contributed by atoms with van der Waals surface area (Å²) in [7, 11) is -3.23. The minimum absolute atomic E-state index is 0.260. The maximum atomic E-state index is 13.3. The van der Waals surface area contributed by atoms with E-state index in [0.29, 0.717) is 5.69 Å². The Labute approximate surface area is 133 Å². The van der Waals surface area contributed by atoms with Gasteiger partial charge in [-0.05, 0) is 42.3 Å². The lowest BCUT2D eigenvalue weighted by Crippen LogP contribution is -1.96. The first-order chi connectivity index (χ1) is 10.9. The molecule has 1 heterocycles. The minimum Gasteiger partial charge on any atom is -0.284 e. The normalized spacial score (nSPS) is 11.6. The lowest BCUT2D eigenvalue weighted by molar-refractivity contribution is 0.602. The number of nitrogens with one attached hydrogen (secondary N) is 1. The molecule has 0 saturated carbocycles. The highest BCUT2D eigenvalue weighted by molar-refractivity contribution is 7.90. The fourth-order valence-corrected chi connectivity index (χ4v) is 3.14. The number of aromatic nitrogens is 2. The van der Waals surface area contributed by atoms with Crippen LogP contribution in [0.5, 0.6) is 0 Å². The zero-order valence-corrected chi connectivity index (χ0v) is 13.5. The van der Waals surface area contributed by atoms with Crippen LogP contribution in [-0.4, -0.2) is 24.9 Å². The van der Waals surface area contributed by atoms with Crippen LogP contribution in [0.15, 0.2) is 53.6 Å². The van der Waals surface area contributed by atoms with Crippen molar-refractivity contribution in [1.29, 1.82) is 0 Å². The summed E-state index contributed by atoms with van der Waals surface area (Å²) in [4.78, 5) is 0.260. The molecule has 0 saturated heterocycles. The van der Waals surface area contributed by atoms with E-state index in [-0.39, 0.29) is 10.7 Å². The maximum absolute atomic E-state index is 13.3. The summed E-state index contributed by atoms with van der Waals surface area (Å²) in [5, 5.41) is 7.07. The number of benzene rings is 2. The van der Waals surface area contributed by atoms with Crippen molar-refractivity contribution in [1.82, 2.24) is 10.2 Å². The van der Waals surface area contributed by atoms with Gasteiger partial charge in [0, 0.05) is 23.6 Å². The van der Waals surface area contributed by atoms with E-state index < -0.39 is 9.84 Å². The zero-order valence-electron chi connectivity index (χ0n) is 12.7. The Balaban J connectivity index is 2.08. The molecular weight excluding hydrogens is 315 g/mol. The van der Waals surface area contributed by atoms with Crippen LogP contribution in [0.1, 0.15) is 5.56 Å². The molecule has 1 N–H and O–H groups in total. The topological polar surface area (TPSA) is 62.8 Å².